The van der Waals surface area contributed by atoms with Crippen LogP contribution in [0.3, 0.4) is 0 Å². The first-order valence-corrected chi connectivity index (χ1v) is 18.5. The SMILES string of the molecule is CCCCCCCCCCCCN(CCCCCCCCCCCC)CC(O)CN1CCNCCNCCNCC1. The van der Waals surface area contributed by atoms with Crippen LogP contribution < -0.4 is 16.0 Å². The lowest BCUT2D eigenvalue weighted by Gasteiger charge is -2.30. The van der Waals surface area contributed by atoms with Crippen molar-refractivity contribution in [3.05, 3.63) is 0 Å². The standard InChI is InChI=1S/C35H75N5O/c1-3-5-7-9-11-13-15-17-19-21-29-39(30-22-20-18-16-14-12-10-8-6-4-2)33-35(41)34-40-31-27-37-25-23-36-24-26-38-28-32-40/h35-38,41H,3-34H2,1-2H3. The normalized spacial score (nSPS) is 17.0. The molecule has 1 fully saturated rings. The number of hydrogen-bond donors (Lipinski definition) is 4. The summed E-state index contributed by atoms with van der Waals surface area (Å²) in [4.78, 5) is 5.05. The monoisotopic (exact) mass is 582 g/mol. The van der Waals surface area contributed by atoms with E-state index < -0.39 is 0 Å². The molecule has 41 heavy (non-hydrogen) atoms. The van der Waals surface area contributed by atoms with Gasteiger partial charge in [0.25, 0.3) is 0 Å². The van der Waals surface area contributed by atoms with E-state index in [1.54, 1.807) is 0 Å². The second-order valence-corrected chi connectivity index (χ2v) is 12.9. The topological polar surface area (TPSA) is 62.8 Å². The predicted molar refractivity (Wildman–Crippen MR) is 181 cm³/mol. The molecule has 0 amide bonds. The molecule has 1 heterocycles. The minimum Gasteiger partial charge on any atom is -0.390 e. The Bertz CT molecular complexity index is 473. The third-order valence-corrected chi connectivity index (χ3v) is 8.76. The van der Waals surface area contributed by atoms with Crippen molar-refractivity contribution >= 4 is 0 Å². The Kier molecular flexibility index (Phi) is 29.5. The van der Waals surface area contributed by atoms with Crippen LogP contribution >= 0.6 is 0 Å². The summed E-state index contributed by atoms with van der Waals surface area (Å²) in [5.74, 6) is 0. The van der Waals surface area contributed by atoms with E-state index in [2.05, 4.69) is 39.6 Å². The molecule has 0 spiro atoms. The molecular formula is C35H75N5O. The van der Waals surface area contributed by atoms with E-state index in [1.165, 1.54) is 128 Å². The van der Waals surface area contributed by atoms with Gasteiger partial charge >= 0.3 is 0 Å². The third kappa shape index (κ3) is 27.1. The molecule has 1 aliphatic rings. The maximum atomic E-state index is 11.1. The summed E-state index contributed by atoms with van der Waals surface area (Å²) in [5, 5.41) is 21.7. The molecule has 4 N–H and O–H groups in total. The number of aliphatic hydroxyl groups excluding tert-OH is 1. The molecule has 0 radical (unpaired) electrons. The summed E-state index contributed by atoms with van der Waals surface area (Å²) in [7, 11) is 0. The molecule has 1 rings (SSSR count). The van der Waals surface area contributed by atoms with E-state index in [4.69, 9.17) is 0 Å². The van der Waals surface area contributed by atoms with E-state index in [0.29, 0.717) is 0 Å². The molecule has 1 atom stereocenters. The van der Waals surface area contributed by atoms with Gasteiger partial charge in [-0.05, 0) is 25.9 Å². The molecule has 6 heteroatoms. The lowest BCUT2D eigenvalue weighted by molar-refractivity contribution is 0.0725. The van der Waals surface area contributed by atoms with Crippen LogP contribution in [0.25, 0.3) is 0 Å². The number of rotatable bonds is 26. The molecular weight excluding hydrogens is 506 g/mol. The van der Waals surface area contributed by atoms with Gasteiger partial charge in [0, 0.05) is 65.4 Å². The van der Waals surface area contributed by atoms with Crippen LogP contribution in [0.1, 0.15) is 142 Å². The van der Waals surface area contributed by atoms with Gasteiger partial charge in [-0.25, -0.2) is 0 Å². The zero-order chi connectivity index (χ0) is 29.5. The zero-order valence-corrected chi connectivity index (χ0v) is 28.0. The summed E-state index contributed by atoms with van der Waals surface area (Å²) in [6.45, 7) is 16.6. The Hall–Kier alpha value is -0.240. The first-order chi connectivity index (χ1) is 20.3. The number of unbranched alkanes of at least 4 members (excludes halogenated alkanes) is 18. The molecule has 1 saturated heterocycles. The number of hydrogen-bond acceptors (Lipinski definition) is 6. The Morgan fingerprint density at radius 1 is 0.512 bits per heavy atom. The number of β-amino-alcohol motifs (C(OH)–C–C–N with tert-alkyl or cyclic N) is 1. The fraction of sp³-hybridized carbons (Fsp3) is 1.00. The highest BCUT2D eigenvalue weighted by Gasteiger charge is 2.16. The number of nitrogens with zero attached hydrogens (tertiary/aromatic N) is 2. The smallest absolute Gasteiger partial charge is 0.0793 e. The molecule has 0 saturated carbocycles. The van der Waals surface area contributed by atoms with E-state index in [-0.39, 0.29) is 6.10 Å². The third-order valence-electron chi connectivity index (χ3n) is 8.76. The second kappa shape index (κ2) is 31.2. The molecule has 1 aliphatic heterocycles. The fourth-order valence-electron chi connectivity index (χ4n) is 6.09. The van der Waals surface area contributed by atoms with Crippen LogP contribution in [0.5, 0.6) is 0 Å². The first-order valence-electron chi connectivity index (χ1n) is 18.5. The summed E-state index contributed by atoms with van der Waals surface area (Å²) in [5.41, 5.74) is 0. The first kappa shape index (κ1) is 38.8. The van der Waals surface area contributed by atoms with Crippen LogP contribution in [0.2, 0.25) is 0 Å². The van der Waals surface area contributed by atoms with Gasteiger partial charge in [-0.15, -0.1) is 0 Å². The molecule has 0 aliphatic carbocycles. The maximum Gasteiger partial charge on any atom is 0.0793 e. The molecule has 0 aromatic carbocycles. The van der Waals surface area contributed by atoms with Crippen molar-refractivity contribution in [3.63, 3.8) is 0 Å². The van der Waals surface area contributed by atoms with Crippen LogP contribution in [-0.4, -0.2) is 99.5 Å². The van der Waals surface area contributed by atoms with Crippen molar-refractivity contribution in [1.82, 2.24) is 25.8 Å². The Morgan fingerprint density at radius 2 is 0.854 bits per heavy atom. The predicted octanol–water partition coefficient (Wildman–Crippen LogP) is 6.58. The van der Waals surface area contributed by atoms with E-state index >= 15 is 0 Å². The zero-order valence-electron chi connectivity index (χ0n) is 28.0. The molecule has 1 unspecified atom stereocenters. The van der Waals surface area contributed by atoms with Gasteiger partial charge in [-0.1, -0.05) is 129 Å². The van der Waals surface area contributed by atoms with Crippen molar-refractivity contribution < 1.29 is 5.11 Å². The van der Waals surface area contributed by atoms with Crippen LogP contribution in [0.4, 0.5) is 0 Å². The van der Waals surface area contributed by atoms with Gasteiger partial charge in [0.05, 0.1) is 6.10 Å². The quantitative estimate of drug-likeness (QED) is 0.0866. The van der Waals surface area contributed by atoms with Gasteiger partial charge in [-0.2, -0.15) is 0 Å². The molecule has 246 valence electrons. The fourth-order valence-corrected chi connectivity index (χ4v) is 6.09. The van der Waals surface area contributed by atoms with Gasteiger partial charge in [0.2, 0.25) is 0 Å². The summed E-state index contributed by atoms with van der Waals surface area (Å²) < 4.78 is 0. The highest BCUT2D eigenvalue weighted by molar-refractivity contribution is 4.72. The molecule has 0 aromatic heterocycles. The van der Waals surface area contributed by atoms with Crippen LogP contribution in [0, 0.1) is 0 Å². The molecule has 0 bridgehead atoms. The average molecular weight is 582 g/mol. The van der Waals surface area contributed by atoms with Crippen molar-refractivity contribution in [3.8, 4) is 0 Å². The largest absolute Gasteiger partial charge is 0.390 e. The molecule has 6 nitrogen and oxygen atoms in total. The Balaban J connectivity index is 2.35. The van der Waals surface area contributed by atoms with Crippen molar-refractivity contribution in [2.75, 3.05) is 78.5 Å². The minimum absolute atomic E-state index is 0.268. The Morgan fingerprint density at radius 3 is 1.24 bits per heavy atom. The lowest BCUT2D eigenvalue weighted by atomic mass is 10.1. The summed E-state index contributed by atoms with van der Waals surface area (Å²) in [6.07, 6.45) is 27.5. The lowest BCUT2D eigenvalue weighted by Crippen LogP contribution is -2.46. The van der Waals surface area contributed by atoms with Crippen molar-refractivity contribution in [2.24, 2.45) is 0 Å². The van der Waals surface area contributed by atoms with Gasteiger partial charge < -0.3 is 26.0 Å². The van der Waals surface area contributed by atoms with E-state index in [9.17, 15) is 5.11 Å². The second-order valence-electron chi connectivity index (χ2n) is 12.9. The van der Waals surface area contributed by atoms with Crippen molar-refractivity contribution in [1.29, 1.82) is 0 Å². The maximum absolute atomic E-state index is 11.1. The van der Waals surface area contributed by atoms with Crippen LogP contribution in [-0.2, 0) is 0 Å². The Labute approximate surface area is 257 Å². The average Bonchev–Trinajstić information content (AvgIpc) is 2.96. The number of nitrogens with one attached hydrogen (secondary N) is 3. The van der Waals surface area contributed by atoms with Gasteiger partial charge in [-0.3, -0.25) is 4.90 Å². The number of aliphatic hydroxyl groups is 1. The highest BCUT2D eigenvalue weighted by atomic mass is 16.3. The minimum atomic E-state index is -0.268. The van der Waals surface area contributed by atoms with E-state index in [1.807, 2.05) is 0 Å². The van der Waals surface area contributed by atoms with Crippen molar-refractivity contribution in [2.45, 2.75) is 148 Å². The summed E-state index contributed by atoms with van der Waals surface area (Å²) >= 11 is 0. The van der Waals surface area contributed by atoms with Gasteiger partial charge in [0.1, 0.15) is 0 Å². The van der Waals surface area contributed by atoms with Crippen LogP contribution in [0.15, 0.2) is 0 Å². The highest BCUT2D eigenvalue weighted by Crippen LogP contribution is 2.13. The molecule has 0 aromatic rings. The van der Waals surface area contributed by atoms with E-state index in [0.717, 1.165) is 78.5 Å². The van der Waals surface area contributed by atoms with Gasteiger partial charge in [0.15, 0.2) is 0 Å². The summed E-state index contributed by atoms with van der Waals surface area (Å²) in [6, 6.07) is 0.